The van der Waals surface area contributed by atoms with E-state index in [2.05, 4.69) is 21.3 Å². The van der Waals surface area contributed by atoms with Crippen molar-refractivity contribution < 1.29 is 67.3 Å². The molecule has 1 aliphatic rings. The van der Waals surface area contributed by atoms with Crippen molar-refractivity contribution in [2.45, 2.75) is 242 Å². The fourth-order valence-corrected chi connectivity index (χ4v) is 11.1. The molecule has 0 spiro atoms. The number of hydrogen-bond donors (Lipinski definition) is 5. The summed E-state index contributed by atoms with van der Waals surface area (Å²) in [6, 6.07) is -12.8. The van der Waals surface area contributed by atoms with Gasteiger partial charge in [0.15, 0.2) is 0 Å². The first kappa shape index (κ1) is 82.8. The summed E-state index contributed by atoms with van der Waals surface area (Å²) in [7, 11) is 9.84. The first-order valence-corrected chi connectivity index (χ1v) is 32.6. The van der Waals surface area contributed by atoms with Crippen LogP contribution in [0.5, 0.6) is 0 Å². The van der Waals surface area contributed by atoms with E-state index in [1.54, 1.807) is 81.4 Å². The molecule has 25 heteroatoms. The minimum atomic E-state index is -1.64. The number of hydrogen-bond acceptors (Lipinski definition) is 14. The number of likely N-dealkylation sites (N-methyl/N-ethyl adjacent to an activating group) is 7. The summed E-state index contributed by atoms with van der Waals surface area (Å²) < 4.78 is 11.5. The molecule has 5 N–H and O–H groups in total. The van der Waals surface area contributed by atoms with E-state index in [0.717, 1.165) is 14.7 Å². The van der Waals surface area contributed by atoms with Crippen LogP contribution in [0.15, 0.2) is 12.2 Å². The van der Waals surface area contributed by atoms with Gasteiger partial charge in [0.1, 0.15) is 67.2 Å². The lowest BCUT2D eigenvalue weighted by Gasteiger charge is -2.41. The Morgan fingerprint density at radius 3 is 1.56 bits per heavy atom. The van der Waals surface area contributed by atoms with Gasteiger partial charge in [0.25, 0.3) is 0 Å². The molecule has 0 aromatic carbocycles. The number of carbonyl (C=O) groups excluding carboxylic acids is 11. The SMILES string of the molecule is C/C=C/C[C@@H](C)[C@@H](O)[C@H]1C(=O)N[C@@H](CC)C(=O)N(C)CC(=O)N(C)[C@@H](CC(C)(C)OCOCC)C(=O)N[C@H](C(C)C)C(=O)N(C)[C@H](CC(C)C)C(=O)N[C@H](C)C(=O)N[C@@H](C)C(=O)N(C)[C@@H](CC(C)C)C(=O)N(C)[C@@H](CCC(C)C)C(=O)N(C)[C@@H](C(C)C)C(=O)N1C. The third-order valence-electron chi connectivity index (χ3n) is 17.1. The molecule has 1 fully saturated rings. The highest BCUT2D eigenvalue weighted by atomic mass is 16.7. The number of ether oxygens (including phenoxy) is 2. The Morgan fingerprint density at radius 2 is 1.05 bits per heavy atom. The molecule has 1 rings (SSSR count). The Kier molecular flexibility index (Phi) is 34.7. The number of allylic oxidation sites excluding steroid dienone is 2. The van der Waals surface area contributed by atoms with Crippen LogP contribution < -0.4 is 21.3 Å². The third-order valence-corrected chi connectivity index (χ3v) is 17.1. The van der Waals surface area contributed by atoms with Crippen molar-refractivity contribution in [1.29, 1.82) is 0 Å². The normalized spacial score (nSPS) is 26.1. The molecule has 0 aromatic heterocycles. The quantitative estimate of drug-likeness (QED) is 0.0659. The second kappa shape index (κ2) is 38.1. The Hall–Kier alpha value is -6.21. The van der Waals surface area contributed by atoms with Crippen molar-refractivity contribution in [2.24, 2.45) is 35.5 Å². The van der Waals surface area contributed by atoms with E-state index in [0.29, 0.717) is 19.4 Å². The van der Waals surface area contributed by atoms with Crippen molar-refractivity contribution in [1.82, 2.24) is 55.6 Å². The molecule has 1 aliphatic heterocycles. The van der Waals surface area contributed by atoms with Crippen LogP contribution in [-0.2, 0) is 62.2 Å². The average molecular weight is 1290 g/mol. The summed E-state index contributed by atoms with van der Waals surface area (Å²) in [5.41, 5.74) is -1.12. The summed E-state index contributed by atoms with van der Waals surface area (Å²) in [4.78, 5) is 170. The molecule has 0 aromatic rings. The van der Waals surface area contributed by atoms with Gasteiger partial charge in [-0.2, -0.15) is 0 Å². The molecule has 0 aliphatic carbocycles. The van der Waals surface area contributed by atoms with E-state index in [-0.39, 0.29) is 56.7 Å². The van der Waals surface area contributed by atoms with Gasteiger partial charge in [-0.1, -0.05) is 95.2 Å². The summed E-state index contributed by atoms with van der Waals surface area (Å²) in [6.45, 7) is 31.0. The van der Waals surface area contributed by atoms with Crippen molar-refractivity contribution in [3.63, 3.8) is 0 Å². The van der Waals surface area contributed by atoms with Gasteiger partial charge in [0.2, 0.25) is 65.0 Å². The Balaban J connectivity index is 4.43. The zero-order valence-electron chi connectivity index (χ0n) is 59.9. The molecule has 0 bridgehead atoms. The number of nitrogens with zero attached hydrogens (tertiary/aromatic N) is 7. The van der Waals surface area contributed by atoms with Crippen LogP contribution in [0, 0.1) is 35.5 Å². The van der Waals surface area contributed by atoms with Gasteiger partial charge in [-0.25, -0.2) is 0 Å². The fraction of sp³-hybridized carbons (Fsp3) is 0.803. The Bertz CT molecular complexity index is 2470. The maximum Gasteiger partial charge on any atom is 0.246 e. The highest BCUT2D eigenvalue weighted by Gasteiger charge is 2.46. The highest BCUT2D eigenvalue weighted by molar-refractivity contribution is 5.99. The average Bonchev–Trinajstić information content (AvgIpc) is 0.865. The summed E-state index contributed by atoms with van der Waals surface area (Å²) in [6.07, 6.45) is 3.13. The van der Waals surface area contributed by atoms with Crippen LogP contribution in [-0.4, -0.2) is 246 Å². The van der Waals surface area contributed by atoms with Crippen LogP contribution in [0.2, 0.25) is 0 Å². The predicted octanol–water partition coefficient (Wildman–Crippen LogP) is 3.79. The molecule has 0 saturated carbocycles. The Labute approximate surface area is 544 Å². The number of rotatable bonds is 20. The van der Waals surface area contributed by atoms with E-state index in [1.807, 2.05) is 41.5 Å². The van der Waals surface area contributed by atoms with Crippen molar-refractivity contribution in [2.75, 3.05) is 69.3 Å². The summed E-state index contributed by atoms with van der Waals surface area (Å²) in [5.74, 6) is -9.81. The molecule has 25 nitrogen and oxygen atoms in total. The maximum atomic E-state index is 15.2. The van der Waals surface area contributed by atoms with Gasteiger partial charge >= 0.3 is 0 Å². The van der Waals surface area contributed by atoms with Gasteiger partial charge in [-0.05, 0) is 116 Å². The lowest BCUT2D eigenvalue weighted by Crippen LogP contribution is -2.63. The van der Waals surface area contributed by atoms with Crippen molar-refractivity contribution in [3.05, 3.63) is 12.2 Å². The van der Waals surface area contributed by atoms with Crippen LogP contribution in [0.4, 0.5) is 0 Å². The minimum absolute atomic E-state index is 0.00636. The monoisotopic (exact) mass is 1290 g/mol. The van der Waals surface area contributed by atoms with E-state index in [1.165, 1.54) is 82.8 Å². The Morgan fingerprint density at radius 1 is 0.549 bits per heavy atom. The largest absolute Gasteiger partial charge is 0.390 e. The first-order chi connectivity index (χ1) is 42.1. The topological polar surface area (TPSA) is 297 Å². The standard InChI is InChI=1S/C66H119N11O14/c1-26-29-30-43(14)55(79)54-59(83)69-46(27-2)61(85)71(19)36-51(78)72(20)50(35-66(17,18)91-37-90-28-3)58(82)70-52(41(10)11)64(88)74(22)48(33-39(6)7)57(81)67-44(15)56(80)68-45(16)60(84)75(23)49(34-40(8)9)63(87)73(21)47(32-31-38(4)5)62(86)76(24)53(42(12)13)65(89)77(54)25/h26,29,38-50,52-55,79H,27-28,30-37H2,1-25H3,(H,67,81)(H,68,80)(H,69,83)(H,70,82)/b29-26+/t43-,44-,45+,46+,47+,48-,49+,50+,52-,53+,54+,55-/m1/s1. The zero-order valence-corrected chi connectivity index (χ0v) is 59.9. The van der Waals surface area contributed by atoms with E-state index in [4.69, 9.17) is 9.47 Å². The number of aliphatic hydroxyl groups excluding tert-OH is 1. The number of nitrogens with one attached hydrogen (secondary N) is 4. The van der Waals surface area contributed by atoms with Crippen molar-refractivity contribution >= 4 is 65.0 Å². The molecule has 0 radical (unpaired) electrons. The maximum absolute atomic E-state index is 15.2. The number of carbonyl (C=O) groups is 11. The minimum Gasteiger partial charge on any atom is -0.390 e. The van der Waals surface area contributed by atoms with Gasteiger partial charge in [0, 0.05) is 62.4 Å². The van der Waals surface area contributed by atoms with Crippen LogP contribution in [0.1, 0.15) is 170 Å². The lowest BCUT2D eigenvalue weighted by molar-refractivity contribution is -0.157. The lowest BCUT2D eigenvalue weighted by atomic mass is 9.91. The molecule has 11 amide bonds. The molecule has 522 valence electrons. The van der Waals surface area contributed by atoms with Gasteiger partial charge in [-0.3, -0.25) is 52.7 Å². The molecule has 12 atom stereocenters. The summed E-state index contributed by atoms with van der Waals surface area (Å²) >= 11 is 0. The van der Waals surface area contributed by atoms with Crippen LogP contribution in [0.25, 0.3) is 0 Å². The second-order valence-electron chi connectivity index (χ2n) is 27.5. The van der Waals surface area contributed by atoms with Crippen LogP contribution >= 0.6 is 0 Å². The molecule has 91 heavy (non-hydrogen) atoms. The smallest absolute Gasteiger partial charge is 0.246 e. The van der Waals surface area contributed by atoms with Gasteiger partial charge < -0.3 is 70.1 Å². The molecular weight excluding hydrogens is 1170 g/mol. The zero-order chi connectivity index (χ0) is 70.4. The molecule has 1 heterocycles. The van der Waals surface area contributed by atoms with Crippen LogP contribution in [0.3, 0.4) is 0 Å². The highest BCUT2D eigenvalue weighted by Crippen LogP contribution is 2.27. The molecule has 0 unspecified atom stereocenters. The van der Waals surface area contributed by atoms with E-state index >= 15 is 14.4 Å². The van der Waals surface area contributed by atoms with Gasteiger partial charge in [-0.15, -0.1) is 0 Å². The second-order valence-corrected chi connectivity index (χ2v) is 27.5. The van der Waals surface area contributed by atoms with Gasteiger partial charge in [0.05, 0.1) is 18.2 Å². The molecule has 1 saturated heterocycles. The summed E-state index contributed by atoms with van der Waals surface area (Å²) in [5, 5.41) is 23.2. The number of amides is 11. The molecular formula is C66H119N11O14. The first-order valence-electron chi connectivity index (χ1n) is 32.6. The van der Waals surface area contributed by atoms with E-state index < -0.39 is 161 Å². The van der Waals surface area contributed by atoms with E-state index in [9.17, 15) is 43.5 Å². The number of aliphatic hydroxyl groups is 1. The van der Waals surface area contributed by atoms with Crippen molar-refractivity contribution in [3.8, 4) is 0 Å². The predicted molar refractivity (Wildman–Crippen MR) is 350 cm³/mol. The third kappa shape index (κ3) is 24.3. The fourth-order valence-electron chi connectivity index (χ4n) is 11.1.